The predicted octanol–water partition coefficient (Wildman–Crippen LogP) is 17.0. The maximum Gasteiger partial charge on any atom is 0.244 e. The lowest BCUT2D eigenvalue weighted by Crippen LogP contribution is -2.36. The molecule has 1 aliphatic heterocycles. The molecule has 14 rings (SSSR count). The van der Waals surface area contributed by atoms with Gasteiger partial charge < -0.3 is 23.6 Å². The molecule has 13 aromatic rings. The van der Waals surface area contributed by atoms with Crippen LogP contribution in [0.4, 0.5) is 28.4 Å². The molecule has 9 aromatic carbocycles. The molecule has 71 heavy (non-hydrogen) atoms. The van der Waals surface area contributed by atoms with Crippen molar-refractivity contribution < 1.29 is 8.83 Å². The van der Waals surface area contributed by atoms with E-state index in [1.165, 1.54) is 58.6 Å². The highest BCUT2D eigenvalue weighted by Gasteiger charge is 2.32. The molecule has 0 spiro atoms. The zero-order valence-electron chi connectivity index (χ0n) is 40.6. The molecule has 5 nitrogen and oxygen atoms in total. The third-order valence-corrected chi connectivity index (χ3v) is 16.0. The molecular formula is C64H50BN3O2S. The summed E-state index contributed by atoms with van der Waals surface area (Å²) in [4.78, 5) is 2.31. The fourth-order valence-corrected chi connectivity index (χ4v) is 12.4. The Kier molecular flexibility index (Phi) is 9.01. The number of fused-ring (bicyclic) bond motifs is 13. The highest BCUT2D eigenvalue weighted by Crippen LogP contribution is 2.46. The molecule has 0 aliphatic carbocycles. The summed E-state index contributed by atoms with van der Waals surface area (Å²) in [6.07, 6.45) is 0. The summed E-state index contributed by atoms with van der Waals surface area (Å²) in [7, 11) is 0.644. The highest BCUT2D eigenvalue weighted by atomic mass is 32.1. The quantitative estimate of drug-likeness (QED) is 0.169. The number of rotatable bonds is 6. The molecule has 1 N–H and O–H groups in total. The minimum Gasteiger partial charge on any atom is -0.469 e. The van der Waals surface area contributed by atoms with Crippen LogP contribution in [0, 0.1) is 0 Å². The van der Waals surface area contributed by atoms with Gasteiger partial charge in [-0.15, -0.1) is 11.3 Å². The number of hydrogen-bond donors (Lipinski definition) is 1. The van der Waals surface area contributed by atoms with E-state index < -0.39 is 0 Å². The van der Waals surface area contributed by atoms with Crippen LogP contribution in [0.15, 0.2) is 191 Å². The number of nitrogens with one attached hydrogen (secondary N) is 1. The lowest BCUT2D eigenvalue weighted by Gasteiger charge is -2.25. The molecule has 0 fully saturated rings. The van der Waals surface area contributed by atoms with Gasteiger partial charge in [-0.05, 0) is 130 Å². The summed E-state index contributed by atoms with van der Waals surface area (Å²) in [5.74, 6) is 0. The van der Waals surface area contributed by atoms with Crippen LogP contribution in [0.5, 0.6) is 0 Å². The monoisotopic (exact) mass is 935 g/mol. The van der Waals surface area contributed by atoms with Crippen molar-refractivity contribution >= 4 is 133 Å². The van der Waals surface area contributed by atoms with Crippen molar-refractivity contribution in [2.45, 2.75) is 52.4 Å². The molecule has 0 saturated heterocycles. The van der Waals surface area contributed by atoms with Gasteiger partial charge in [0.25, 0.3) is 0 Å². The molecule has 0 unspecified atom stereocenters. The van der Waals surface area contributed by atoms with E-state index in [0.717, 1.165) is 83.8 Å². The second-order valence-electron chi connectivity index (χ2n) is 21.4. The Bertz CT molecular complexity index is 4260. The van der Waals surface area contributed by atoms with Crippen molar-refractivity contribution in [1.82, 2.24) is 4.57 Å². The fraction of sp³-hybridized carbons (Fsp3) is 0.125. The van der Waals surface area contributed by atoms with Crippen LogP contribution in [0.25, 0.3) is 91.7 Å². The molecule has 1 aliphatic rings. The van der Waals surface area contributed by atoms with Crippen LogP contribution in [0.1, 0.15) is 52.7 Å². The largest absolute Gasteiger partial charge is 0.469 e. The molecule has 4 aromatic heterocycles. The van der Waals surface area contributed by atoms with Crippen molar-refractivity contribution in [2.75, 3.05) is 10.2 Å². The Morgan fingerprint density at radius 3 is 1.90 bits per heavy atom. The van der Waals surface area contributed by atoms with Gasteiger partial charge in [-0.25, -0.2) is 0 Å². The number of nitrogens with zero attached hydrogens (tertiary/aromatic N) is 2. The Hall–Kier alpha value is -8.00. The third kappa shape index (κ3) is 6.59. The fourth-order valence-electron chi connectivity index (χ4n) is 11.3. The second kappa shape index (κ2) is 15.3. The first-order valence-electron chi connectivity index (χ1n) is 24.7. The molecule has 342 valence electrons. The molecule has 0 bridgehead atoms. The smallest absolute Gasteiger partial charge is 0.244 e. The van der Waals surface area contributed by atoms with Gasteiger partial charge in [-0.3, -0.25) is 0 Å². The molecule has 0 amide bonds. The van der Waals surface area contributed by atoms with Crippen LogP contribution in [-0.2, 0) is 10.8 Å². The van der Waals surface area contributed by atoms with E-state index in [1.54, 1.807) is 0 Å². The average molecular weight is 936 g/mol. The van der Waals surface area contributed by atoms with E-state index in [-0.39, 0.29) is 10.8 Å². The van der Waals surface area contributed by atoms with E-state index in [2.05, 4.69) is 238 Å². The van der Waals surface area contributed by atoms with Crippen molar-refractivity contribution in [3.63, 3.8) is 0 Å². The van der Waals surface area contributed by atoms with Crippen LogP contribution < -0.4 is 21.3 Å². The summed E-state index contributed by atoms with van der Waals surface area (Å²) < 4.78 is 19.0. The maximum absolute atomic E-state index is 7.00. The molecule has 0 saturated carbocycles. The van der Waals surface area contributed by atoms with Crippen LogP contribution >= 0.6 is 11.3 Å². The van der Waals surface area contributed by atoms with Gasteiger partial charge in [0.05, 0.1) is 16.9 Å². The van der Waals surface area contributed by atoms with Crippen LogP contribution in [0.2, 0.25) is 0 Å². The normalized spacial score (nSPS) is 12.8. The van der Waals surface area contributed by atoms with Gasteiger partial charge in [-0.1, -0.05) is 126 Å². The first kappa shape index (κ1) is 41.9. The van der Waals surface area contributed by atoms with E-state index in [0.29, 0.717) is 7.28 Å². The maximum atomic E-state index is 7.00. The van der Waals surface area contributed by atoms with E-state index in [1.807, 2.05) is 11.3 Å². The Labute approximate surface area is 416 Å². The van der Waals surface area contributed by atoms with Crippen molar-refractivity contribution in [1.29, 1.82) is 0 Å². The minimum atomic E-state index is -0.0219. The first-order chi connectivity index (χ1) is 34.4. The predicted molar refractivity (Wildman–Crippen MR) is 304 cm³/mol. The highest BCUT2D eigenvalue weighted by molar-refractivity contribution is 7.25. The van der Waals surface area contributed by atoms with Crippen molar-refractivity contribution in [3.8, 4) is 16.8 Å². The number of para-hydroxylation sites is 2. The zero-order chi connectivity index (χ0) is 47.9. The molecule has 0 radical (unpaired) electrons. The van der Waals surface area contributed by atoms with Crippen molar-refractivity contribution in [3.05, 3.63) is 193 Å². The molecule has 0 atom stereocenters. The summed E-state index contributed by atoms with van der Waals surface area (Å²) in [5.41, 5.74) is 18.5. The molecular weight excluding hydrogens is 886 g/mol. The number of hydrogen-bond acceptors (Lipinski definition) is 5. The van der Waals surface area contributed by atoms with E-state index >= 15 is 0 Å². The number of anilines is 5. The van der Waals surface area contributed by atoms with E-state index in [4.69, 9.17) is 8.83 Å². The van der Waals surface area contributed by atoms with Gasteiger partial charge in [-0.2, -0.15) is 0 Å². The van der Waals surface area contributed by atoms with Gasteiger partial charge >= 0.3 is 0 Å². The lowest BCUT2D eigenvalue weighted by atomic mass is 9.62. The van der Waals surface area contributed by atoms with Gasteiger partial charge in [0.1, 0.15) is 16.7 Å². The first-order valence-corrected chi connectivity index (χ1v) is 25.5. The van der Waals surface area contributed by atoms with Crippen LogP contribution in [-0.4, -0.2) is 11.8 Å². The topological polar surface area (TPSA) is 46.5 Å². The van der Waals surface area contributed by atoms with Gasteiger partial charge in [0.2, 0.25) is 7.28 Å². The summed E-state index contributed by atoms with van der Waals surface area (Å²) in [5, 5.41) is 12.3. The number of aromatic nitrogens is 1. The average Bonchev–Trinajstić information content (AvgIpc) is 4.12. The Balaban J connectivity index is 1.02. The summed E-state index contributed by atoms with van der Waals surface area (Å²) >= 11 is 1.87. The molecule has 7 heteroatoms. The Morgan fingerprint density at radius 1 is 0.479 bits per heavy atom. The second-order valence-corrected chi connectivity index (χ2v) is 22.5. The number of benzene rings is 9. The van der Waals surface area contributed by atoms with Gasteiger partial charge in [0.15, 0.2) is 0 Å². The van der Waals surface area contributed by atoms with E-state index in [9.17, 15) is 0 Å². The lowest BCUT2D eigenvalue weighted by molar-refractivity contribution is 0.590. The summed E-state index contributed by atoms with van der Waals surface area (Å²) in [6, 6.07) is 66.4. The molecule has 5 heterocycles. The Morgan fingerprint density at radius 2 is 1.15 bits per heavy atom. The zero-order valence-corrected chi connectivity index (χ0v) is 41.5. The summed E-state index contributed by atoms with van der Waals surface area (Å²) in [6.45, 7) is 13.7. The van der Waals surface area contributed by atoms with Crippen molar-refractivity contribution in [2.24, 2.45) is 0 Å². The standard InChI is InChI=1S/C64H50BN3O2S/c1-63(2,3)37-21-24-39(25-22-37)66-52-34-49-48-32-42(67(40-15-9-7-10-16-40)41-17-11-8-12-18-41)26-30-54(48)69-56(49)35-46(52)44-27-28-45-47-33-50-43-19-13-14-20-57(43)71-58(50)36-53(47)68-60(45)59(44)65-62-61(68)51-31-38(64(4,5)6)23-29-55(51)70-62/h7-36,65-66H,1-6H3. The van der Waals surface area contributed by atoms with Gasteiger partial charge in [0, 0.05) is 86.6 Å². The number of furan rings is 2. The van der Waals surface area contributed by atoms with Crippen LogP contribution in [0.3, 0.4) is 0 Å². The minimum absolute atomic E-state index is 0.0219. The SMILES string of the molecule is CC(C)(C)c1ccc(Nc2cc3c(cc2-c2ccc4c5cc6c(cc5n5c4c2Bc2oc4ccc(C(C)(C)C)cc4c2-5)sc2ccccc26)oc2ccc(N(c4ccccc4)c4ccccc4)cc23)cc1. The number of thiophene rings is 1. The third-order valence-electron chi connectivity index (χ3n) is 14.9.